The zero-order valence-electron chi connectivity index (χ0n) is 12.4. The predicted molar refractivity (Wildman–Crippen MR) is 88.0 cm³/mol. The normalized spacial score (nSPS) is 17.3. The van der Waals surface area contributed by atoms with Crippen LogP contribution in [-0.2, 0) is 19.3 Å². The Balaban J connectivity index is 1.59. The number of nitrogens with one attached hydrogen (secondary N) is 1. The summed E-state index contributed by atoms with van der Waals surface area (Å²) >= 11 is 1.75. The zero-order chi connectivity index (χ0) is 14.7. The Morgan fingerprint density at radius 1 is 1.33 bits per heavy atom. The van der Waals surface area contributed by atoms with Gasteiger partial charge < -0.3 is 5.32 Å². The van der Waals surface area contributed by atoms with Crippen LogP contribution in [0, 0.1) is 5.92 Å². The lowest BCUT2D eigenvalue weighted by molar-refractivity contribution is 0.0953. The fourth-order valence-corrected chi connectivity index (χ4v) is 4.17. The molecule has 0 fully saturated rings. The molecule has 1 N–H and O–H groups in total. The first-order valence-corrected chi connectivity index (χ1v) is 8.53. The van der Waals surface area contributed by atoms with Crippen LogP contribution in [0.5, 0.6) is 0 Å². The fourth-order valence-electron chi connectivity index (χ4n) is 2.93. The standard InChI is InChI=1S/C18H21NOS/c1-13-7-8-15-16(12-21-17(15)11-13)18(20)19-10-9-14-5-3-2-4-6-14/h2-6,12-13H,7-11H2,1H3,(H,19,20). The number of thiophene rings is 1. The molecule has 0 aliphatic heterocycles. The Morgan fingerprint density at radius 3 is 2.95 bits per heavy atom. The van der Waals surface area contributed by atoms with E-state index in [2.05, 4.69) is 24.4 Å². The van der Waals surface area contributed by atoms with Crippen LogP contribution in [0.3, 0.4) is 0 Å². The molecule has 0 bridgehead atoms. The van der Waals surface area contributed by atoms with Crippen LogP contribution >= 0.6 is 11.3 Å². The molecule has 1 atom stereocenters. The van der Waals surface area contributed by atoms with Crippen LogP contribution < -0.4 is 5.32 Å². The quantitative estimate of drug-likeness (QED) is 0.913. The third-order valence-corrected chi connectivity index (χ3v) is 5.24. The average Bonchev–Trinajstić information content (AvgIpc) is 2.91. The lowest BCUT2D eigenvalue weighted by Gasteiger charge is -2.18. The topological polar surface area (TPSA) is 29.1 Å². The van der Waals surface area contributed by atoms with Gasteiger partial charge in [0.05, 0.1) is 5.56 Å². The Hall–Kier alpha value is -1.61. The van der Waals surface area contributed by atoms with Crippen LogP contribution in [-0.4, -0.2) is 12.5 Å². The summed E-state index contributed by atoms with van der Waals surface area (Å²) < 4.78 is 0. The van der Waals surface area contributed by atoms with Crippen molar-refractivity contribution in [2.45, 2.75) is 32.6 Å². The molecule has 0 spiro atoms. The van der Waals surface area contributed by atoms with Crippen molar-refractivity contribution >= 4 is 17.2 Å². The van der Waals surface area contributed by atoms with Crippen molar-refractivity contribution in [1.82, 2.24) is 5.32 Å². The van der Waals surface area contributed by atoms with Crippen molar-refractivity contribution in [3.63, 3.8) is 0 Å². The second kappa shape index (κ2) is 6.44. The van der Waals surface area contributed by atoms with Gasteiger partial charge in [0.25, 0.3) is 5.91 Å². The van der Waals surface area contributed by atoms with E-state index in [1.807, 2.05) is 23.6 Å². The maximum atomic E-state index is 12.3. The number of benzene rings is 1. The van der Waals surface area contributed by atoms with Gasteiger partial charge >= 0.3 is 0 Å². The second-order valence-electron chi connectivity index (χ2n) is 5.89. The average molecular weight is 299 g/mol. The zero-order valence-corrected chi connectivity index (χ0v) is 13.2. The molecule has 0 saturated carbocycles. The minimum atomic E-state index is 0.0954. The molecule has 1 aliphatic rings. The predicted octanol–water partition coefficient (Wildman–Crippen LogP) is 3.85. The van der Waals surface area contributed by atoms with Gasteiger partial charge in [0, 0.05) is 16.8 Å². The van der Waals surface area contributed by atoms with Crippen LogP contribution in [0.2, 0.25) is 0 Å². The molecular formula is C18H21NOS. The monoisotopic (exact) mass is 299 g/mol. The summed E-state index contributed by atoms with van der Waals surface area (Å²) in [5.41, 5.74) is 3.48. The van der Waals surface area contributed by atoms with Gasteiger partial charge in [-0.25, -0.2) is 0 Å². The number of carbonyl (C=O) groups is 1. The van der Waals surface area contributed by atoms with Crippen molar-refractivity contribution in [2.75, 3.05) is 6.54 Å². The number of carbonyl (C=O) groups excluding carboxylic acids is 1. The lowest BCUT2D eigenvalue weighted by atomic mass is 9.88. The van der Waals surface area contributed by atoms with E-state index in [-0.39, 0.29) is 5.91 Å². The van der Waals surface area contributed by atoms with Gasteiger partial charge in [0.2, 0.25) is 0 Å². The van der Waals surface area contributed by atoms with Crippen molar-refractivity contribution in [1.29, 1.82) is 0 Å². The summed E-state index contributed by atoms with van der Waals surface area (Å²) in [5, 5.41) is 5.10. The molecule has 1 heterocycles. The van der Waals surface area contributed by atoms with E-state index in [1.165, 1.54) is 22.4 Å². The van der Waals surface area contributed by atoms with Crippen LogP contribution in [0.25, 0.3) is 0 Å². The van der Waals surface area contributed by atoms with Gasteiger partial charge in [0.15, 0.2) is 0 Å². The maximum Gasteiger partial charge on any atom is 0.252 e. The van der Waals surface area contributed by atoms with Crippen LogP contribution in [0.1, 0.15) is 39.7 Å². The Labute approximate surface area is 130 Å². The van der Waals surface area contributed by atoms with E-state index >= 15 is 0 Å². The van der Waals surface area contributed by atoms with Gasteiger partial charge in [-0.2, -0.15) is 0 Å². The van der Waals surface area contributed by atoms with Gasteiger partial charge in [0.1, 0.15) is 0 Å². The largest absolute Gasteiger partial charge is 0.352 e. The fraction of sp³-hybridized carbons (Fsp3) is 0.389. The van der Waals surface area contributed by atoms with Crippen molar-refractivity contribution in [2.24, 2.45) is 5.92 Å². The summed E-state index contributed by atoms with van der Waals surface area (Å²) in [6.07, 6.45) is 4.28. The molecule has 1 unspecified atom stereocenters. The van der Waals surface area contributed by atoms with E-state index in [1.54, 1.807) is 11.3 Å². The molecule has 1 aromatic carbocycles. The highest BCUT2D eigenvalue weighted by Gasteiger charge is 2.22. The number of rotatable bonds is 4. The minimum absolute atomic E-state index is 0.0954. The first-order valence-electron chi connectivity index (χ1n) is 7.65. The van der Waals surface area contributed by atoms with Gasteiger partial charge in [-0.15, -0.1) is 11.3 Å². The minimum Gasteiger partial charge on any atom is -0.352 e. The molecule has 1 aliphatic carbocycles. The lowest BCUT2D eigenvalue weighted by Crippen LogP contribution is -2.26. The maximum absolute atomic E-state index is 12.3. The van der Waals surface area contributed by atoms with Crippen molar-refractivity contribution in [3.8, 4) is 0 Å². The first kappa shape index (κ1) is 14.3. The van der Waals surface area contributed by atoms with E-state index in [0.29, 0.717) is 6.54 Å². The van der Waals surface area contributed by atoms with Crippen molar-refractivity contribution < 1.29 is 4.79 Å². The van der Waals surface area contributed by atoms with Crippen LogP contribution in [0.4, 0.5) is 0 Å². The van der Waals surface area contributed by atoms with E-state index in [9.17, 15) is 4.79 Å². The van der Waals surface area contributed by atoms with E-state index in [0.717, 1.165) is 30.7 Å². The SMILES string of the molecule is CC1CCc2c(C(=O)NCCc3ccccc3)csc2C1. The Kier molecular flexibility index (Phi) is 4.39. The number of amides is 1. The van der Waals surface area contributed by atoms with Crippen LogP contribution in [0.15, 0.2) is 35.7 Å². The second-order valence-corrected chi connectivity index (χ2v) is 6.85. The molecule has 1 amide bonds. The molecule has 2 nitrogen and oxygen atoms in total. The van der Waals surface area contributed by atoms with Gasteiger partial charge in [-0.05, 0) is 42.7 Å². The number of hydrogen-bond donors (Lipinski definition) is 1. The van der Waals surface area contributed by atoms with E-state index in [4.69, 9.17) is 0 Å². The highest BCUT2D eigenvalue weighted by atomic mass is 32.1. The summed E-state index contributed by atoms with van der Waals surface area (Å²) in [6.45, 7) is 2.99. The highest BCUT2D eigenvalue weighted by molar-refractivity contribution is 7.10. The first-order chi connectivity index (χ1) is 10.2. The number of fused-ring (bicyclic) bond motifs is 1. The molecule has 21 heavy (non-hydrogen) atoms. The smallest absolute Gasteiger partial charge is 0.252 e. The molecule has 110 valence electrons. The third-order valence-electron chi connectivity index (χ3n) is 4.19. The number of hydrogen-bond acceptors (Lipinski definition) is 2. The summed E-state index contributed by atoms with van der Waals surface area (Å²) in [4.78, 5) is 13.8. The molecule has 3 heteroatoms. The highest BCUT2D eigenvalue weighted by Crippen LogP contribution is 2.32. The van der Waals surface area contributed by atoms with Gasteiger partial charge in [-0.3, -0.25) is 4.79 Å². The van der Waals surface area contributed by atoms with Crippen molar-refractivity contribution in [3.05, 3.63) is 57.3 Å². The molecule has 0 radical (unpaired) electrons. The molecular weight excluding hydrogens is 278 g/mol. The Morgan fingerprint density at radius 2 is 2.14 bits per heavy atom. The molecule has 2 aromatic rings. The molecule has 1 aromatic heterocycles. The third kappa shape index (κ3) is 3.35. The summed E-state index contributed by atoms with van der Waals surface area (Å²) in [5.74, 6) is 0.850. The molecule has 3 rings (SSSR count). The summed E-state index contributed by atoms with van der Waals surface area (Å²) in [6, 6.07) is 10.3. The van der Waals surface area contributed by atoms with E-state index < -0.39 is 0 Å². The Bertz CT molecular complexity index is 617. The summed E-state index contributed by atoms with van der Waals surface area (Å²) in [7, 11) is 0. The molecule has 0 saturated heterocycles. The van der Waals surface area contributed by atoms with Gasteiger partial charge in [-0.1, -0.05) is 37.3 Å².